The lowest BCUT2D eigenvalue weighted by Gasteiger charge is -2.26. The zero-order valence-corrected chi connectivity index (χ0v) is 33.1. The number of fused-ring (bicyclic) bond motifs is 1. The number of rotatable bonds is 30. The van der Waals surface area contributed by atoms with Crippen LogP contribution in [0.4, 0.5) is 10.2 Å². The molecular formula is C40H60FN6O6P. The van der Waals surface area contributed by atoms with Crippen molar-refractivity contribution in [2.24, 2.45) is 0 Å². The van der Waals surface area contributed by atoms with Crippen LogP contribution in [0.3, 0.4) is 0 Å². The molecule has 1 aromatic carbocycles. The smallest absolute Gasteiger partial charge is 0.382 e. The lowest BCUT2D eigenvalue weighted by molar-refractivity contribution is -0.0292. The summed E-state index contributed by atoms with van der Waals surface area (Å²) >= 11 is 0. The van der Waals surface area contributed by atoms with Crippen molar-refractivity contribution in [2.45, 2.75) is 147 Å². The van der Waals surface area contributed by atoms with E-state index in [4.69, 9.17) is 24.3 Å². The third kappa shape index (κ3) is 16.5. The second-order valence-electron chi connectivity index (χ2n) is 14.1. The maximum atomic E-state index is 14.1. The Labute approximate surface area is 320 Å². The normalized spacial score (nSPS) is 14.3. The minimum Gasteiger partial charge on any atom is -0.382 e. The summed E-state index contributed by atoms with van der Waals surface area (Å²) in [6, 6.07) is 11.6. The number of halogens is 1. The average Bonchev–Trinajstić information content (AvgIpc) is 3.59. The number of nitrogens with zero attached hydrogens (tertiary/aromatic N) is 5. The van der Waals surface area contributed by atoms with Crippen LogP contribution in [0, 0.1) is 28.5 Å². The van der Waals surface area contributed by atoms with Gasteiger partial charge in [-0.25, -0.2) is 18.5 Å². The minimum absolute atomic E-state index is 0.0118. The number of unbranched alkanes of at least 4 members (excludes halogenated alkanes) is 15. The van der Waals surface area contributed by atoms with Gasteiger partial charge in [-0.3, -0.25) is 9.05 Å². The molecule has 0 radical (unpaired) electrons. The average molecular weight is 771 g/mol. The number of hydrogen-bond donors (Lipinski definition) is 2. The minimum atomic E-state index is -4.65. The molecule has 0 bridgehead atoms. The maximum Gasteiger partial charge on any atom is 0.472 e. The van der Waals surface area contributed by atoms with Crippen molar-refractivity contribution in [3.8, 4) is 12.1 Å². The molecule has 0 spiro atoms. The molecule has 0 aliphatic carbocycles. The van der Waals surface area contributed by atoms with Gasteiger partial charge in [0.2, 0.25) is 0 Å². The van der Waals surface area contributed by atoms with Crippen molar-refractivity contribution in [3.63, 3.8) is 0 Å². The molecule has 54 heavy (non-hydrogen) atoms. The Bertz CT molecular complexity index is 1660. The second kappa shape index (κ2) is 24.9. The maximum absolute atomic E-state index is 14.1. The summed E-state index contributed by atoms with van der Waals surface area (Å²) < 4.78 is 50.9. The van der Waals surface area contributed by atoms with E-state index in [0.29, 0.717) is 29.7 Å². The van der Waals surface area contributed by atoms with Crippen LogP contribution in [-0.4, -0.2) is 51.5 Å². The summed E-state index contributed by atoms with van der Waals surface area (Å²) in [5, 5.41) is 23.4. The van der Waals surface area contributed by atoms with Gasteiger partial charge in [-0.05, 0) is 55.2 Å². The third-order valence-electron chi connectivity index (χ3n) is 9.78. The molecule has 3 aromatic rings. The van der Waals surface area contributed by atoms with Gasteiger partial charge in [0.15, 0.2) is 11.4 Å². The Kier molecular flexibility index (Phi) is 20.7. The van der Waals surface area contributed by atoms with E-state index in [1.807, 2.05) is 12.1 Å². The van der Waals surface area contributed by atoms with E-state index in [9.17, 15) is 24.4 Å². The van der Waals surface area contributed by atoms with Gasteiger partial charge in [-0.1, -0.05) is 110 Å². The first-order valence-corrected chi connectivity index (χ1v) is 21.1. The van der Waals surface area contributed by atoms with E-state index in [1.54, 1.807) is 16.6 Å². The number of nitrogens with two attached hydrogens (primary N) is 1. The summed E-state index contributed by atoms with van der Waals surface area (Å²) in [7, 11) is -3.32. The number of anilines is 1. The van der Waals surface area contributed by atoms with E-state index in [2.05, 4.69) is 23.1 Å². The molecule has 0 amide bonds. The molecule has 1 unspecified atom stereocenters. The number of nitrogen functional groups attached to an aromatic ring is 1. The zero-order chi connectivity index (χ0) is 39.1. The summed E-state index contributed by atoms with van der Waals surface area (Å²) in [4.78, 5) is 14.6. The first kappa shape index (κ1) is 45.0. The number of hydrogen-bond acceptors (Lipinski definition) is 10. The van der Waals surface area contributed by atoms with Crippen molar-refractivity contribution >= 4 is 19.2 Å². The molecule has 2 aromatic heterocycles. The monoisotopic (exact) mass is 770 g/mol. The standard InChI is InChI=1S/C40H60FN6O6P/c1-3-4-5-6-7-8-9-10-11-12-13-14-15-16-17-18-19-37(51-28-34-24-33(27-42)25-35(41)26-34)29-52-54(48,49)53-31-40(30-43,50-2)23-22-36-20-21-38-39(44)45-32-46-47(36)38/h20-21,24-26,32,37H,3-19,22-23,28-29,31H2,1-2H3,(H,48,49)(H2,44,45,46)/t37-,40-/m1/s1. The van der Waals surface area contributed by atoms with Gasteiger partial charge < -0.3 is 20.1 Å². The van der Waals surface area contributed by atoms with Crippen molar-refractivity contribution in [3.05, 3.63) is 59.3 Å². The summed E-state index contributed by atoms with van der Waals surface area (Å²) in [5.74, 6) is -0.232. The highest BCUT2D eigenvalue weighted by Gasteiger charge is 2.35. The van der Waals surface area contributed by atoms with Gasteiger partial charge in [-0.2, -0.15) is 15.6 Å². The van der Waals surface area contributed by atoms with Gasteiger partial charge in [0.1, 0.15) is 30.3 Å². The van der Waals surface area contributed by atoms with Gasteiger partial charge in [0.05, 0.1) is 31.0 Å². The Morgan fingerprint density at radius 1 is 0.944 bits per heavy atom. The summed E-state index contributed by atoms with van der Waals surface area (Å²) in [6.07, 6.45) is 21.6. The van der Waals surface area contributed by atoms with Gasteiger partial charge in [0, 0.05) is 12.8 Å². The van der Waals surface area contributed by atoms with Crippen molar-refractivity contribution in [1.29, 1.82) is 10.5 Å². The topological polar surface area (TPSA) is 178 Å². The molecule has 298 valence electrons. The molecule has 2 heterocycles. The Balaban J connectivity index is 1.44. The van der Waals surface area contributed by atoms with Crippen LogP contribution in [0.5, 0.6) is 0 Å². The van der Waals surface area contributed by atoms with Crippen LogP contribution < -0.4 is 5.73 Å². The number of aryl methyl sites for hydroxylation is 1. The highest BCUT2D eigenvalue weighted by Crippen LogP contribution is 2.45. The third-order valence-corrected chi connectivity index (χ3v) is 10.7. The first-order chi connectivity index (χ1) is 26.1. The molecule has 3 N–H and O–H groups in total. The molecule has 0 saturated heterocycles. The predicted octanol–water partition coefficient (Wildman–Crippen LogP) is 9.53. The quantitative estimate of drug-likeness (QED) is 0.0487. The van der Waals surface area contributed by atoms with Crippen molar-refractivity contribution < 1.29 is 32.4 Å². The molecule has 0 aliphatic heterocycles. The SMILES string of the molecule is CCCCCCCCCCCCCCCCCC[C@H](COP(=O)(O)OC[C@](C#N)(CCc1ccc2c(N)ncnn12)OC)OCc1cc(F)cc(C#N)c1. The Morgan fingerprint density at radius 2 is 1.57 bits per heavy atom. The number of phosphoric acid groups is 1. The van der Waals surface area contributed by atoms with Gasteiger partial charge in [-0.15, -0.1) is 0 Å². The van der Waals surface area contributed by atoms with E-state index in [0.717, 1.165) is 37.4 Å². The van der Waals surface area contributed by atoms with E-state index >= 15 is 0 Å². The van der Waals surface area contributed by atoms with Gasteiger partial charge >= 0.3 is 7.82 Å². The highest BCUT2D eigenvalue weighted by molar-refractivity contribution is 7.47. The molecule has 0 aliphatic rings. The summed E-state index contributed by atoms with van der Waals surface area (Å²) in [6.45, 7) is 1.45. The number of methoxy groups -OCH3 is 1. The van der Waals surface area contributed by atoms with E-state index in [-0.39, 0.29) is 25.2 Å². The molecule has 3 atom stereocenters. The predicted molar refractivity (Wildman–Crippen MR) is 207 cm³/mol. The number of phosphoric ester groups is 1. The number of benzene rings is 1. The highest BCUT2D eigenvalue weighted by atomic mass is 31.2. The van der Waals surface area contributed by atoms with Crippen LogP contribution in [-0.2, 0) is 36.1 Å². The molecule has 3 rings (SSSR count). The Hall–Kier alpha value is -3.42. The van der Waals surface area contributed by atoms with Crippen molar-refractivity contribution in [2.75, 3.05) is 26.1 Å². The largest absolute Gasteiger partial charge is 0.472 e. The molecule has 12 nitrogen and oxygen atoms in total. The number of nitriles is 2. The van der Waals surface area contributed by atoms with Crippen LogP contribution in [0.1, 0.15) is 139 Å². The second-order valence-corrected chi connectivity index (χ2v) is 15.6. The molecule has 0 saturated carbocycles. The molecule has 14 heteroatoms. The Morgan fingerprint density at radius 3 is 2.17 bits per heavy atom. The lowest BCUT2D eigenvalue weighted by Crippen LogP contribution is -2.36. The number of ether oxygens (including phenoxy) is 2. The van der Waals surface area contributed by atoms with Gasteiger partial charge in [0.25, 0.3) is 0 Å². The first-order valence-electron chi connectivity index (χ1n) is 19.6. The lowest BCUT2D eigenvalue weighted by atomic mass is 9.99. The van der Waals surface area contributed by atoms with Crippen molar-refractivity contribution in [1.82, 2.24) is 14.6 Å². The molecule has 0 fully saturated rings. The van der Waals surface area contributed by atoms with Crippen LogP contribution in [0.2, 0.25) is 0 Å². The van der Waals surface area contributed by atoms with Crippen LogP contribution in [0.15, 0.2) is 36.7 Å². The van der Waals surface area contributed by atoms with Crippen LogP contribution in [0.25, 0.3) is 5.52 Å². The zero-order valence-electron chi connectivity index (χ0n) is 32.2. The van der Waals surface area contributed by atoms with E-state index < -0.39 is 32.0 Å². The number of aromatic nitrogens is 3. The fourth-order valence-electron chi connectivity index (χ4n) is 6.44. The van der Waals surface area contributed by atoms with Crippen LogP contribution >= 0.6 is 7.82 Å². The fourth-order valence-corrected chi connectivity index (χ4v) is 7.24. The fraction of sp³-hybridized carbons (Fsp3) is 0.650. The molecular weight excluding hydrogens is 710 g/mol. The van der Waals surface area contributed by atoms with E-state index in [1.165, 1.54) is 96.6 Å². The summed E-state index contributed by atoms with van der Waals surface area (Å²) in [5.41, 5.74) is 6.38.